The van der Waals surface area contributed by atoms with Gasteiger partial charge in [-0.3, -0.25) is 14.4 Å². The Hall–Kier alpha value is -1.71. The zero-order chi connectivity index (χ0) is 16.3. The molecule has 0 rings (SSSR count). The molecule has 0 fully saturated rings. The van der Waals surface area contributed by atoms with Gasteiger partial charge < -0.3 is 31.5 Å². The van der Waals surface area contributed by atoms with Crippen molar-refractivity contribution in [2.75, 3.05) is 26.2 Å². The highest BCUT2D eigenvalue weighted by atomic mass is 16.4. The molecule has 0 aromatic rings. The molecular formula is C10H24N2O7. The lowest BCUT2D eigenvalue weighted by molar-refractivity contribution is -0.135. The molecule has 0 radical (unpaired) electrons. The van der Waals surface area contributed by atoms with E-state index in [4.69, 9.17) is 40.5 Å². The number of nitrogens with two attached hydrogens (primary N) is 1. The highest BCUT2D eigenvalue weighted by molar-refractivity contribution is 5.63. The quantitative estimate of drug-likeness (QED) is 0.347. The van der Waals surface area contributed by atoms with Crippen LogP contribution in [0.25, 0.3) is 0 Å². The third-order valence-corrected chi connectivity index (χ3v) is 0.610. The van der Waals surface area contributed by atoms with Crippen molar-refractivity contribution < 1.29 is 34.8 Å². The van der Waals surface area contributed by atoms with E-state index in [9.17, 15) is 0 Å². The average Bonchev–Trinajstić information content (AvgIpc) is 2.15. The molecular weight excluding hydrogens is 260 g/mol. The lowest BCUT2D eigenvalue weighted by Crippen LogP contribution is -2.24. The van der Waals surface area contributed by atoms with E-state index in [0.717, 1.165) is 27.3 Å². The van der Waals surface area contributed by atoms with Crippen molar-refractivity contribution in [1.29, 1.82) is 0 Å². The molecule has 9 nitrogen and oxygen atoms in total. The first-order valence-corrected chi connectivity index (χ1v) is 5.21. The Balaban J connectivity index is -0.0000000825. The normalized spacial score (nSPS) is 7.42. The summed E-state index contributed by atoms with van der Waals surface area (Å²) in [7, 11) is 0. The summed E-state index contributed by atoms with van der Waals surface area (Å²) >= 11 is 0. The van der Waals surface area contributed by atoms with Crippen LogP contribution in [0, 0.1) is 0 Å². The molecule has 116 valence electrons. The number of hydrogen-bond acceptors (Lipinski definition) is 6. The summed E-state index contributed by atoms with van der Waals surface area (Å²) in [5.41, 5.74) is 5.13. The molecule has 0 unspecified atom stereocenters. The summed E-state index contributed by atoms with van der Waals surface area (Å²) in [6, 6.07) is 0. The Bertz CT molecular complexity index is 177. The Morgan fingerprint density at radius 2 is 1.16 bits per heavy atom. The van der Waals surface area contributed by atoms with Crippen molar-refractivity contribution in [1.82, 2.24) is 5.32 Å². The number of aliphatic hydroxyl groups excluding tert-OH is 1. The second-order valence-corrected chi connectivity index (χ2v) is 2.82. The van der Waals surface area contributed by atoms with E-state index < -0.39 is 17.9 Å². The second-order valence-electron chi connectivity index (χ2n) is 2.82. The average molecular weight is 284 g/mol. The smallest absolute Gasteiger partial charge is 0.300 e. The standard InChI is InChI=1S/C4H12N2O.3C2H4O2/c5-1-2-6-3-4-7;3*1-2(3)4/h6-7H,1-5H2;3*1H3,(H,3,4). The monoisotopic (exact) mass is 284 g/mol. The SMILES string of the molecule is CC(=O)O.CC(=O)O.CC(=O)O.NCCNCCO. The summed E-state index contributed by atoms with van der Waals surface area (Å²) in [6.07, 6.45) is 0. The van der Waals surface area contributed by atoms with Crippen LogP contribution in [0.3, 0.4) is 0 Å². The van der Waals surface area contributed by atoms with Crippen LogP contribution in [0.5, 0.6) is 0 Å². The van der Waals surface area contributed by atoms with Gasteiger partial charge in [-0.2, -0.15) is 0 Å². The highest BCUT2D eigenvalue weighted by Crippen LogP contribution is 1.52. The van der Waals surface area contributed by atoms with E-state index in [1.54, 1.807) is 0 Å². The Morgan fingerprint density at radius 1 is 0.895 bits per heavy atom. The number of carbonyl (C=O) groups is 3. The van der Waals surface area contributed by atoms with Crippen LogP contribution in [0.15, 0.2) is 0 Å². The maximum Gasteiger partial charge on any atom is 0.300 e. The van der Waals surface area contributed by atoms with Gasteiger partial charge in [0.15, 0.2) is 0 Å². The summed E-state index contributed by atoms with van der Waals surface area (Å²) in [6.45, 7) is 5.53. The zero-order valence-electron chi connectivity index (χ0n) is 11.4. The number of hydrogen-bond donors (Lipinski definition) is 6. The van der Waals surface area contributed by atoms with Gasteiger partial charge in [0, 0.05) is 40.4 Å². The fourth-order valence-corrected chi connectivity index (χ4v) is 0.306. The first-order chi connectivity index (χ1) is 8.61. The second kappa shape index (κ2) is 25.2. The first-order valence-electron chi connectivity index (χ1n) is 5.21. The zero-order valence-corrected chi connectivity index (χ0v) is 11.4. The number of aliphatic hydroxyl groups is 1. The minimum absolute atomic E-state index is 0.194. The van der Waals surface area contributed by atoms with Gasteiger partial charge in [0.25, 0.3) is 17.9 Å². The van der Waals surface area contributed by atoms with Crippen molar-refractivity contribution in [3.05, 3.63) is 0 Å². The van der Waals surface area contributed by atoms with Crippen LogP contribution in [-0.2, 0) is 14.4 Å². The van der Waals surface area contributed by atoms with E-state index in [-0.39, 0.29) is 6.61 Å². The first kappa shape index (κ1) is 26.0. The van der Waals surface area contributed by atoms with Gasteiger partial charge in [0.2, 0.25) is 0 Å². The topological polar surface area (TPSA) is 170 Å². The summed E-state index contributed by atoms with van der Waals surface area (Å²) in [5, 5.41) is 33.3. The molecule has 0 aliphatic carbocycles. The Morgan fingerprint density at radius 3 is 1.32 bits per heavy atom. The Kier molecular flexibility index (Phi) is 34.5. The molecule has 0 aromatic carbocycles. The molecule has 0 heterocycles. The third-order valence-electron chi connectivity index (χ3n) is 0.610. The lowest BCUT2D eigenvalue weighted by Gasteiger charge is -1.95. The van der Waals surface area contributed by atoms with E-state index in [1.165, 1.54) is 0 Å². The molecule has 0 saturated carbocycles. The predicted octanol–water partition coefficient (Wildman–Crippen LogP) is -1.20. The van der Waals surface area contributed by atoms with Gasteiger partial charge in [-0.25, -0.2) is 0 Å². The number of nitrogens with one attached hydrogen (secondary N) is 1. The van der Waals surface area contributed by atoms with E-state index >= 15 is 0 Å². The van der Waals surface area contributed by atoms with Crippen molar-refractivity contribution in [2.24, 2.45) is 5.73 Å². The molecule has 0 spiro atoms. The molecule has 0 aromatic heterocycles. The molecule has 19 heavy (non-hydrogen) atoms. The molecule has 0 aliphatic heterocycles. The van der Waals surface area contributed by atoms with Gasteiger partial charge >= 0.3 is 0 Å². The fourth-order valence-electron chi connectivity index (χ4n) is 0.306. The highest BCUT2D eigenvalue weighted by Gasteiger charge is 1.77. The molecule has 7 N–H and O–H groups in total. The third kappa shape index (κ3) is 634. The molecule has 0 saturated heterocycles. The number of rotatable bonds is 4. The molecule has 0 amide bonds. The minimum Gasteiger partial charge on any atom is -0.481 e. The van der Waals surface area contributed by atoms with Gasteiger partial charge in [-0.05, 0) is 0 Å². The van der Waals surface area contributed by atoms with Gasteiger partial charge in [-0.15, -0.1) is 0 Å². The van der Waals surface area contributed by atoms with Crippen LogP contribution in [-0.4, -0.2) is 64.6 Å². The van der Waals surface area contributed by atoms with Crippen LogP contribution >= 0.6 is 0 Å². The Labute approximate surface area is 112 Å². The van der Waals surface area contributed by atoms with E-state index in [2.05, 4.69) is 5.32 Å². The van der Waals surface area contributed by atoms with Crippen LogP contribution in [0.4, 0.5) is 0 Å². The van der Waals surface area contributed by atoms with Gasteiger partial charge in [-0.1, -0.05) is 0 Å². The predicted molar refractivity (Wildman–Crippen MR) is 68.9 cm³/mol. The summed E-state index contributed by atoms with van der Waals surface area (Å²) in [4.78, 5) is 27.0. The number of carboxylic acid groups (broad SMARTS) is 3. The maximum absolute atomic E-state index is 9.00. The minimum atomic E-state index is -0.833. The number of aliphatic carboxylic acids is 3. The van der Waals surface area contributed by atoms with Crippen molar-refractivity contribution in [3.8, 4) is 0 Å². The van der Waals surface area contributed by atoms with Crippen molar-refractivity contribution in [2.45, 2.75) is 20.8 Å². The van der Waals surface area contributed by atoms with E-state index in [0.29, 0.717) is 13.1 Å². The fraction of sp³-hybridized carbons (Fsp3) is 0.700. The van der Waals surface area contributed by atoms with Crippen molar-refractivity contribution >= 4 is 17.9 Å². The maximum atomic E-state index is 9.00. The summed E-state index contributed by atoms with van der Waals surface area (Å²) in [5.74, 6) is -2.50. The lowest BCUT2D eigenvalue weighted by atomic mass is 10.6. The molecule has 0 bridgehead atoms. The van der Waals surface area contributed by atoms with Crippen LogP contribution in [0.1, 0.15) is 20.8 Å². The van der Waals surface area contributed by atoms with Crippen molar-refractivity contribution in [3.63, 3.8) is 0 Å². The largest absolute Gasteiger partial charge is 0.481 e. The summed E-state index contributed by atoms with van der Waals surface area (Å²) < 4.78 is 0. The van der Waals surface area contributed by atoms with Crippen LogP contribution in [0.2, 0.25) is 0 Å². The number of carboxylic acids is 3. The van der Waals surface area contributed by atoms with E-state index in [1.807, 2.05) is 0 Å². The van der Waals surface area contributed by atoms with Gasteiger partial charge in [0.05, 0.1) is 6.61 Å². The molecule has 0 atom stereocenters. The molecule has 9 heteroatoms. The van der Waals surface area contributed by atoms with Crippen LogP contribution < -0.4 is 11.1 Å². The molecule has 0 aliphatic rings. The van der Waals surface area contributed by atoms with Gasteiger partial charge in [0.1, 0.15) is 0 Å².